The second kappa shape index (κ2) is 8.04. The van der Waals surface area contributed by atoms with Crippen molar-refractivity contribution in [3.8, 4) is 5.69 Å². The first kappa shape index (κ1) is 22.9. The van der Waals surface area contributed by atoms with Gasteiger partial charge in [-0.15, -0.1) is 0 Å². The molecule has 2 aromatic carbocycles. The molecule has 0 radical (unpaired) electrons. The monoisotopic (exact) mass is 485 g/mol. The van der Waals surface area contributed by atoms with Gasteiger partial charge in [-0.25, -0.2) is 9.07 Å². The van der Waals surface area contributed by atoms with Gasteiger partial charge >= 0.3 is 12.4 Å². The van der Waals surface area contributed by atoms with Crippen LogP contribution in [0.3, 0.4) is 0 Å². The molecular weight excluding hydrogens is 478 g/mol. The summed E-state index contributed by atoms with van der Waals surface area (Å²) in [5.74, 6) is -1.97. The van der Waals surface area contributed by atoms with E-state index in [1.165, 1.54) is 0 Å². The third-order valence-corrected chi connectivity index (χ3v) is 4.41. The molecular formula is C18H8Cl2F7N3O. The maximum atomic E-state index is 14.0. The van der Waals surface area contributed by atoms with Crippen LogP contribution in [-0.4, -0.2) is 15.7 Å². The van der Waals surface area contributed by atoms with Crippen LogP contribution in [0.25, 0.3) is 5.69 Å². The van der Waals surface area contributed by atoms with Gasteiger partial charge in [-0.1, -0.05) is 23.2 Å². The minimum atomic E-state index is -5.10. The summed E-state index contributed by atoms with van der Waals surface area (Å²) in [6.45, 7) is 0. The van der Waals surface area contributed by atoms with Crippen LogP contribution in [0.2, 0.25) is 10.0 Å². The van der Waals surface area contributed by atoms with E-state index in [1.54, 1.807) is 0 Å². The molecule has 1 N–H and O–H groups in total. The Morgan fingerprint density at radius 3 is 2.06 bits per heavy atom. The van der Waals surface area contributed by atoms with Crippen LogP contribution in [-0.2, 0) is 12.4 Å². The Morgan fingerprint density at radius 1 is 0.935 bits per heavy atom. The maximum Gasteiger partial charge on any atom is 0.435 e. The molecule has 0 aliphatic rings. The van der Waals surface area contributed by atoms with E-state index in [4.69, 9.17) is 23.2 Å². The van der Waals surface area contributed by atoms with Crippen LogP contribution < -0.4 is 5.32 Å². The molecule has 0 aliphatic heterocycles. The van der Waals surface area contributed by atoms with Gasteiger partial charge in [0, 0.05) is 16.8 Å². The van der Waals surface area contributed by atoms with Gasteiger partial charge in [-0.2, -0.15) is 31.4 Å². The number of amides is 1. The molecule has 0 aliphatic carbocycles. The molecule has 164 valence electrons. The molecule has 0 saturated heterocycles. The summed E-state index contributed by atoms with van der Waals surface area (Å²) < 4.78 is 91.9. The Hall–Kier alpha value is -2.79. The largest absolute Gasteiger partial charge is 0.435 e. The maximum absolute atomic E-state index is 14.0. The van der Waals surface area contributed by atoms with Crippen LogP contribution in [0.1, 0.15) is 21.7 Å². The Morgan fingerprint density at radius 2 is 1.55 bits per heavy atom. The SMILES string of the molecule is O=C(Nc1ccc(-n2nc(C(F)(F)F)cc2C(F)(F)F)cc1)c1c(F)cc(Cl)cc1Cl. The van der Waals surface area contributed by atoms with Crippen molar-refractivity contribution < 1.29 is 35.5 Å². The number of nitrogens with one attached hydrogen (secondary N) is 1. The normalized spacial score (nSPS) is 12.2. The number of hydrogen-bond donors (Lipinski definition) is 1. The van der Waals surface area contributed by atoms with Crippen LogP contribution in [0.15, 0.2) is 42.5 Å². The van der Waals surface area contributed by atoms with Gasteiger partial charge in [-0.05, 0) is 36.4 Å². The Bertz CT molecular complexity index is 1120. The highest BCUT2D eigenvalue weighted by Gasteiger charge is 2.42. The van der Waals surface area contributed by atoms with Gasteiger partial charge < -0.3 is 5.32 Å². The molecule has 0 bridgehead atoms. The summed E-state index contributed by atoms with van der Waals surface area (Å²) >= 11 is 11.4. The predicted molar refractivity (Wildman–Crippen MR) is 97.9 cm³/mol. The highest BCUT2D eigenvalue weighted by Crippen LogP contribution is 2.36. The van der Waals surface area contributed by atoms with E-state index in [9.17, 15) is 35.5 Å². The minimum Gasteiger partial charge on any atom is -0.322 e. The highest BCUT2D eigenvalue weighted by atomic mass is 35.5. The summed E-state index contributed by atoms with van der Waals surface area (Å²) in [5.41, 5.74) is -4.21. The van der Waals surface area contributed by atoms with Crippen LogP contribution >= 0.6 is 23.2 Å². The number of aromatic nitrogens is 2. The molecule has 3 aromatic rings. The molecule has 13 heteroatoms. The lowest BCUT2D eigenvalue weighted by Gasteiger charge is -2.12. The van der Waals surface area contributed by atoms with Gasteiger partial charge in [0.15, 0.2) is 5.69 Å². The van der Waals surface area contributed by atoms with E-state index in [2.05, 4.69) is 10.4 Å². The average Bonchev–Trinajstić information content (AvgIpc) is 3.07. The number of benzene rings is 2. The molecule has 0 saturated carbocycles. The second-order valence-corrected chi connectivity index (χ2v) is 6.91. The van der Waals surface area contributed by atoms with Crippen molar-refractivity contribution in [3.63, 3.8) is 0 Å². The standard InChI is InChI=1S/C18H8Cl2F7N3O/c19-8-5-11(20)15(12(21)6-8)16(31)28-9-1-3-10(4-2-9)30-14(18(25,26)27)7-13(29-30)17(22,23)24/h1-7H,(H,28,31). The van der Waals surface area contributed by atoms with E-state index in [1.807, 2.05) is 0 Å². The molecule has 31 heavy (non-hydrogen) atoms. The van der Waals surface area contributed by atoms with Crippen molar-refractivity contribution in [1.82, 2.24) is 9.78 Å². The van der Waals surface area contributed by atoms with Crippen LogP contribution in [0.5, 0.6) is 0 Å². The molecule has 0 fully saturated rings. The fourth-order valence-electron chi connectivity index (χ4n) is 2.56. The van der Waals surface area contributed by atoms with Crippen LogP contribution in [0, 0.1) is 5.82 Å². The molecule has 1 amide bonds. The van der Waals surface area contributed by atoms with Gasteiger partial charge in [0.2, 0.25) is 0 Å². The minimum absolute atomic E-state index is 0.0101. The zero-order chi connectivity index (χ0) is 23.1. The lowest BCUT2D eigenvalue weighted by Crippen LogP contribution is -2.15. The van der Waals surface area contributed by atoms with E-state index in [-0.39, 0.29) is 32.2 Å². The van der Waals surface area contributed by atoms with Crippen molar-refractivity contribution in [2.75, 3.05) is 5.32 Å². The molecule has 0 spiro atoms. The number of carbonyl (C=O) groups excluding carboxylic acids is 1. The zero-order valence-corrected chi connectivity index (χ0v) is 16.3. The summed E-state index contributed by atoms with van der Waals surface area (Å²) in [5, 5.41) is 4.95. The first-order valence-corrected chi connectivity index (χ1v) is 8.84. The molecule has 3 rings (SSSR count). The van der Waals surface area contributed by atoms with Gasteiger partial charge in [-0.3, -0.25) is 4.79 Å². The highest BCUT2D eigenvalue weighted by molar-refractivity contribution is 6.37. The molecule has 4 nitrogen and oxygen atoms in total. The number of hydrogen-bond acceptors (Lipinski definition) is 2. The van der Waals surface area contributed by atoms with Crippen molar-refractivity contribution in [2.24, 2.45) is 0 Å². The fourth-order valence-corrected chi connectivity index (χ4v) is 3.11. The Labute approximate surface area is 179 Å². The number of rotatable bonds is 3. The van der Waals surface area contributed by atoms with Crippen molar-refractivity contribution >= 4 is 34.8 Å². The van der Waals surface area contributed by atoms with Crippen molar-refractivity contribution in [3.05, 3.63) is 75.3 Å². The first-order chi connectivity index (χ1) is 14.3. The number of alkyl halides is 6. The van der Waals surface area contributed by atoms with Crippen molar-refractivity contribution in [1.29, 1.82) is 0 Å². The third kappa shape index (κ3) is 4.93. The second-order valence-electron chi connectivity index (χ2n) is 6.07. The fraction of sp³-hybridized carbons (Fsp3) is 0.111. The van der Waals surface area contributed by atoms with Gasteiger partial charge in [0.1, 0.15) is 11.5 Å². The quantitative estimate of drug-likeness (QED) is 0.424. The molecule has 0 atom stereocenters. The summed E-state index contributed by atoms with van der Waals surface area (Å²) in [4.78, 5) is 12.3. The van der Waals surface area contributed by atoms with Gasteiger partial charge in [0.05, 0.1) is 16.3 Å². The smallest absolute Gasteiger partial charge is 0.322 e. The van der Waals surface area contributed by atoms with E-state index in [0.717, 1.165) is 36.4 Å². The first-order valence-electron chi connectivity index (χ1n) is 8.08. The number of nitrogens with zero attached hydrogens (tertiary/aromatic N) is 2. The average molecular weight is 486 g/mol. The number of halogens is 9. The lowest BCUT2D eigenvalue weighted by molar-refractivity contribution is -0.143. The third-order valence-electron chi connectivity index (χ3n) is 3.89. The summed E-state index contributed by atoms with van der Waals surface area (Å²) in [6, 6.07) is 6.09. The molecule has 1 aromatic heterocycles. The van der Waals surface area contributed by atoms with Gasteiger partial charge in [0.25, 0.3) is 5.91 Å². The number of anilines is 1. The lowest BCUT2D eigenvalue weighted by atomic mass is 10.2. The van der Waals surface area contributed by atoms with E-state index in [0.29, 0.717) is 0 Å². The summed E-state index contributed by atoms with van der Waals surface area (Å²) in [6.07, 6.45) is -10.2. The molecule has 0 unspecified atom stereocenters. The summed E-state index contributed by atoms with van der Waals surface area (Å²) in [7, 11) is 0. The van der Waals surface area contributed by atoms with Crippen LogP contribution in [0.4, 0.5) is 36.4 Å². The van der Waals surface area contributed by atoms with E-state index >= 15 is 0 Å². The van der Waals surface area contributed by atoms with Crippen molar-refractivity contribution in [2.45, 2.75) is 12.4 Å². The topological polar surface area (TPSA) is 46.9 Å². The zero-order valence-electron chi connectivity index (χ0n) is 14.7. The number of carbonyl (C=O) groups is 1. The Kier molecular flexibility index (Phi) is 5.94. The Balaban J connectivity index is 1.91. The predicted octanol–water partition coefficient (Wildman–Crippen LogP) is 6.61. The van der Waals surface area contributed by atoms with E-state index < -0.39 is 41.0 Å². The molecule has 1 heterocycles.